The number of amides is 2. The first kappa shape index (κ1) is 15.6. The quantitative estimate of drug-likeness (QED) is 0.685. The lowest BCUT2D eigenvalue weighted by molar-refractivity contribution is -0.142. The average Bonchev–Trinajstić information content (AvgIpc) is 2.37. The van der Waals surface area contributed by atoms with Crippen molar-refractivity contribution in [3.8, 4) is 0 Å². The number of aliphatic carboxylic acids is 1. The predicted molar refractivity (Wildman–Crippen MR) is 73.3 cm³/mol. The third-order valence-electron chi connectivity index (χ3n) is 2.86. The number of hydrogen-bond donors (Lipinski definition) is 3. The fourth-order valence-corrected chi connectivity index (χ4v) is 1.47. The Balaban J connectivity index is 2.58. The van der Waals surface area contributed by atoms with Gasteiger partial charge in [0, 0.05) is 11.3 Å². The molecule has 1 atom stereocenters. The molecule has 20 heavy (non-hydrogen) atoms. The number of carbonyl (C=O) groups excluding carboxylic acids is 2. The Labute approximate surface area is 116 Å². The molecule has 2 amide bonds. The molecule has 0 bridgehead atoms. The van der Waals surface area contributed by atoms with Crippen molar-refractivity contribution in [2.24, 2.45) is 5.73 Å². The van der Waals surface area contributed by atoms with Crippen LogP contribution in [0.2, 0.25) is 0 Å². The molecule has 7 nitrogen and oxygen atoms in total. The van der Waals surface area contributed by atoms with Crippen LogP contribution >= 0.6 is 0 Å². The minimum atomic E-state index is -0.994. The molecule has 0 aliphatic carbocycles. The number of nitrogens with two attached hydrogens (primary N) is 1. The second-order valence-corrected chi connectivity index (χ2v) is 4.42. The number of rotatable bonds is 6. The second-order valence-electron chi connectivity index (χ2n) is 4.42. The zero-order valence-corrected chi connectivity index (χ0v) is 11.3. The van der Waals surface area contributed by atoms with Gasteiger partial charge >= 0.3 is 5.97 Å². The van der Waals surface area contributed by atoms with Crippen molar-refractivity contribution < 1.29 is 19.5 Å². The predicted octanol–water partition coefficient (Wildman–Crippen LogP) is 0.129. The van der Waals surface area contributed by atoms with E-state index in [0.29, 0.717) is 11.3 Å². The van der Waals surface area contributed by atoms with Crippen LogP contribution in [-0.2, 0) is 9.59 Å². The van der Waals surface area contributed by atoms with Gasteiger partial charge in [-0.2, -0.15) is 0 Å². The van der Waals surface area contributed by atoms with Crippen molar-refractivity contribution in [1.82, 2.24) is 4.90 Å². The molecular formula is C13H17N3O4. The van der Waals surface area contributed by atoms with Crippen LogP contribution in [0.25, 0.3) is 0 Å². The minimum absolute atomic E-state index is 0.0506. The van der Waals surface area contributed by atoms with Crippen molar-refractivity contribution in [1.29, 1.82) is 0 Å². The van der Waals surface area contributed by atoms with Gasteiger partial charge in [0.05, 0.1) is 6.54 Å². The smallest absolute Gasteiger partial charge is 0.320 e. The molecule has 108 valence electrons. The molecule has 0 saturated carbocycles. The van der Waals surface area contributed by atoms with E-state index in [0.717, 1.165) is 0 Å². The van der Waals surface area contributed by atoms with E-state index in [9.17, 15) is 14.4 Å². The van der Waals surface area contributed by atoms with Gasteiger partial charge in [0.25, 0.3) is 0 Å². The van der Waals surface area contributed by atoms with Gasteiger partial charge in [0.2, 0.25) is 11.8 Å². The first-order chi connectivity index (χ1) is 9.31. The molecule has 0 heterocycles. The molecule has 0 saturated heterocycles. The highest BCUT2D eigenvalue weighted by molar-refractivity contribution is 5.95. The largest absolute Gasteiger partial charge is 0.480 e. The van der Waals surface area contributed by atoms with E-state index in [2.05, 4.69) is 5.32 Å². The highest BCUT2D eigenvalue weighted by Crippen LogP contribution is 2.09. The van der Waals surface area contributed by atoms with Crippen LogP contribution in [0.5, 0.6) is 0 Å². The summed E-state index contributed by atoms with van der Waals surface area (Å²) in [6.07, 6.45) is 0. The van der Waals surface area contributed by atoms with Crippen LogP contribution in [0.4, 0.5) is 5.69 Å². The normalized spacial score (nSPS) is 11.9. The minimum Gasteiger partial charge on any atom is -0.480 e. The van der Waals surface area contributed by atoms with Gasteiger partial charge in [-0.1, -0.05) is 0 Å². The van der Waals surface area contributed by atoms with Crippen molar-refractivity contribution in [3.05, 3.63) is 29.8 Å². The van der Waals surface area contributed by atoms with E-state index >= 15 is 0 Å². The number of hydrogen-bond acceptors (Lipinski definition) is 4. The molecule has 1 rings (SSSR count). The summed E-state index contributed by atoms with van der Waals surface area (Å²) in [6.45, 7) is 1.45. The number of likely N-dealkylation sites (N-methyl/N-ethyl adjacent to an activating group) is 1. The Morgan fingerprint density at radius 3 is 2.30 bits per heavy atom. The number of carbonyl (C=O) groups is 3. The molecule has 4 N–H and O–H groups in total. The number of carboxylic acids is 1. The Kier molecular flexibility index (Phi) is 5.22. The Hall–Kier alpha value is -2.41. The van der Waals surface area contributed by atoms with E-state index in [-0.39, 0.29) is 12.5 Å². The lowest BCUT2D eigenvalue weighted by Crippen LogP contribution is -2.40. The van der Waals surface area contributed by atoms with Gasteiger partial charge in [-0.15, -0.1) is 0 Å². The van der Waals surface area contributed by atoms with Gasteiger partial charge in [-0.25, -0.2) is 0 Å². The molecular weight excluding hydrogens is 262 g/mol. The number of benzene rings is 1. The van der Waals surface area contributed by atoms with Crippen LogP contribution in [0, 0.1) is 0 Å². The molecule has 0 spiro atoms. The highest BCUT2D eigenvalue weighted by Gasteiger charge is 2.18. The van der Waals surface area contributed by atoms with Crippen LogP contribution in [0.1, 0.15) is 17.3 Å². The maximum absolute atomic E-state index is 11.7. The van der Waals surface area contributed by atoms with Crippen molar-refractivity contribution in [2.75, 3.05) is 18.9 Å². The summed E-state index contributed by atoms with van der Waals surface area (Å²) in [5.74, 6) is -1.88. The van der Waals surface area contributed by atoms with Crippen LogP contribution in [0.3, 0.4) is 0 Å². The monoisotopic (exact) mass is 279 g/mol. The first-order valence-corrected chi connectivity index (χ1v) is 5.94. The van der Waals surface area contributed by atoms with Crippen molar-refractivity contribution in [2.45, 2.75) is 13.0 Å². The molecule has 0 aliphatic rings. The van der Waals surface area contributed by atoms with Crippen LogP contribution < -0.4 is 11.1 Å². The lowest BCUT2D eigenvalue weighted by atomic mass is 10.2. The fourth-order valence-electron chi connectivity index (χ4n) is 1.47. The number of nitrogens with zero attached hydrogens (tertiary/aromatic N) is 1. The van der Waals surface area contributed by atoms with E-state index in [1.54, 1.807) is 19.2 Å². The summed E-state index contributed by atoms with van der Waals surface area (Å²) < 4.78 is 0. The van der Waals surface area contributed by atoms with Crippen LogP contribution in [0.15, 0.2) is 24.3 Å². The lowest BCUT2D eigenvalue weighted by Gasteiger charge is -2.20. The third kappa shape index (κ3) is 4.36. The maximum Gasteiger partial charge on any atom is 0.320 e. The summed E-state index contributed by atoms with van der Waals surface area (Å²) >= 11 is 0. The fraction of sp³-hybridized carbons (Fsp3) is 0.308. The molecule has 0 fully saturated rings. The van der Waals surface area contributed by atoms with Gasteiger partial charge in [0.15, 0.2) is 0 Å². The molecule has 0 aliphatic heterocycles. The maximum atomic E-state index is 11.7. The van der Waals surface area contributed by atoms with E-state index in [4.69, 9.17) is 10.8 Å². The SMILES string of the molecule is CC(C(=O)O)N(C)CC(=O)Nc1ccc(C(N)=O)cc1. The summed E-state index contributed by atoms with van der Waals surface area (Å²) in [6, 6.07) is 5.36. The van der Waals surface area contributed by atoms with Crippen molar-refractivity contribution in [3.63, 3.8) is 0 Å². The molecule has 1 aromatic carbocycles. The molecule has 0 radical (unpaired) electrons. The van der Waals surface area contributed by atoms with Gasteiger partial charge < -0.3 is 16.2 Å². The Bertz CT molecular complexity index is 513. The van der Waals surface area contributed by atoms with E-state index in [1.165, 1.54) is 24.0 Å². The second kappa shape index (κ2) is 6.67. The van der Waals surface area contributed by atoms with E-state index in [1.807, 2.05) is 0 Å². The molecule has 1 unspecified atom stereocenters. The average molecular weight is 279 g/mol. The topological polar surface area (TPSA) is 113 Å². The Morgan fingerprint density at radius 1 is 1.30 bits per heavy atom. The summed E-state index contributed by atoms with van der Waals surface area (Å²) in [5.41, 5.74) is 5.96. The zero-order chi connectivity index (χ0) is 15.3. The number of carboxylic acid groups (broad SMARTS) is 1. The highest BCUT2D eigenvalue weighted by atomic mass is 16.4. The van der Waals surface area contributed by atoms with E-state index < -0.39 is 17.9 Å². The number of nitrogens with one attached hydrogen (secondary N) is 1. The van der Waals surface area contributed by atoms with Gasteiger partial charge in [-0.05, 0) is 38.2 Å². The third-order valence-corrected chi connectivity index (χ3v) is 2.86. The summed E-state index contributed by atoms with van der Waals surface area (Å²) in [7, 11) is 1.55. The van der Waals surface area contributed by atoms with Crippen molar-refractivity contribution >= 4 is 23.5 Å². The molecule has 1 aromatic rings. The van der Waals surface area contributed by atoms with Gasteiger partial charge in [0.1, 0.15) is 6.04 Å². The number of primary amides is 1. The standard InChI is InChI=1S/C13H17N3O4/c1-8(13(19)20)16(2)7-11(17)15-10-5-3-9(4-6-10)12(14)18/h3-6,8H,7H2,1-2H3,(H2,14,18)(H,15,17)(H,19,20). The number of anilines is 1. The molecule has 0 aromatic heterocycles. The Morgan fingerprint density at radius 2 is 1.85 bits per heavy atom. The van der Waals surface area contributed by atoms with Crippen LogP contribution in [-0.4, -0.2) is 47.4 Å². The first-order valence-electron chi connectivity index (χ1n) is 5.94. The summed E-state index contributed by atoms with van der Waals surface area (Å²) in [5, 5.41) is 11.4. The summed E-state index contributed by atoms with van der Waals surface area (Å²) in [4.78, 5) is 34.8. The molecule has 7 heteroatoms. The van der Waals surface area contributed by atoms with Gasteiger partial charge in [-0.3, -0.25) is 19.3 Å². The zero-order valence-electron chi connectivity index (χ0n) is 11.3.